The SMILES string of the molecule is CC(=O)N(CC(=O)Nc1c(Cl)cccc1Cl)Cc1ccncc1. The Morgan fingerprint density at radius 1 is 1.13 bits per heavy atom. The number of carbonyl (C=O) groups excluding carboxylic acids is 2. The average molecular weight is 352 g/mol. The summed E-state index contributed by atoms with van der Waals surface area (Å²) >= 11 is 12.0. The van der Waals surface area contributed by atoms with Crippen LogP contribution in [0, 0.1) is 0 Å². The fraction of sp³-hybridized carbons (Fsp3) is 0.188. The second kappa shape index (κ2) is 7.94. The average Bonchev–Trinajstić information content (AvgIpc) is 2.51. The molecule has 0 spiro atoms. The second-order valence-corrected chi connectivity index (χ2v) is 5.69. The van der Waals surface area contributed by atoms with Crippen molar-refractivity contribution < 1.29 is 9.59 Å². The van der Waals surface area contributed by atoms with E-state index in [0.717, 1.165) is 5.56 Å². The van der Waals surface area contributed by atoms with E-state index in [9.17, 15) is 9.59 Å². The predicted octanol–water partition coefficient (Wildman–Crippen LogP) is 3.38. The normalized spacial score (nSPS) is 10.2. The number of halogens is 2. The van der Waals surface area contributed by atoms with Crippen molar-refractivity contribution in [3.63, 3.8) is 0 Å². The van der Waals surface area contributed by atoms with Crippen LogP contribution in [0.5, 0.6) is 0 Å². The molecule has 0 aliphatic heterocycles. The lowest BCUT2D eigenvalue weighted by Crippen LogP contribution is -2.36. The van der Waals surface area contributed by atoms with E-state index in [0.29, 0.717) is 22.3 Å². The Balaban J connectivity index is 2.05. The maximum absolute atomic E-state index is 12.2. The molecule has 0 atom stereocenters. The van der Waals surface area contributed by atoms with Crippen molar-refractivity contribution in [2.75, 3.05) is 11.9 Å². The molecule has 7 heteroatoms. The maximum Gasteiger partial charge on any atom is 0.244 e. The fourth-order valence-electron chi connectivity index (χ4n) is 1.96. The molecule has 23 heavy (non-hydrogen) atoms. The van der Waals surface area contributed by atoms with E-state index in [1.165, 1.54) is 11.8 Å². The van der Waals surface area contributed by atoms with Crippen LogP contribution in [0.3, 0.4) is 0 Å². The van der Waals surface area contributed by atoms with Gasteiger partial charge in [0, 0.05) is 25.9 Å². The first kappa shape index (κ1) is 17.2. The summed E-state index contributed by atoms with van der Waals surface area (Å²) in [6.45, 7) is 1.64. The lowest BCUT2D eigenvalue weighted by molar-refractivity contribution is -0.133. The summed E-state index contributed by atoms with van der Waals surface area (Å²) in [5.74, 6) is -0.577. The highest BCUT2D eigenvalue weighted by Crippen LogP contribution is 2.29. The van der Waals surface area contributed by atoms with Gasteiger partial charge in [-0.05, 0) is 29.8 Å². The van der Waals surface area contributed by atoms with Crippen molar-refractivity contribution in [3.8, 4) is 0 Å². The van der Waals surface area contributed by atoms with E-state index in [4.69, 9.17) is 23.2 Å². The van der Waals surface area contributed by atoms with E-state index < -0.39 is 0 Å². The summed E-state index contributed by atoms with van der Waals surface area (Å²) in [7, 11) is 0. The monoisotopic (exact) mass is 351 g/mol. The minimum absolute atomic E-state index is 0.0980. The molecular formula is C16H15Cl2N3O2. The Morgan fingerprint density at radius 3 is 2.30 bits per heavy atom. The van der Waals surface area contributed by atoms with Crippen LogP contribution in [0.4, 0.5) is 5.69 Å². The number of anilines is 1. The first-order valence-corrected chi connectivity index (χ1v) is 7.61. The van der Waals surface area contributed by atoms with Crippen molar-refractivity contribution in [1.82, 2.24) is 9.88 Å². The third kappa shape index (κ3) is 4.94. The lowest BCUT2D eigenvalue weighted by atomic mass is 10.2. The summed E-state index contributed by atoms with van der Waals surface area (Å²) in [6.07, 6.45) is 3.27. The number of hydrogen-bond donors (Lipinski definition) is 1. The van der Waals surface area contributed by atoms with Gasteiger partial charge < -0.3 is 10.2 Å². The molecule has 1 N–H and O–H groups in total. The molecule has 0 saturated heterocycles. The molecule has 0 unspecified atom stereocenters. The molecule has 2 amide bonds. The van der Waals surface area contributed by atoms with Gasteiger partial charge in [-0.3, -0.25) is 14.6 Å². The van der Waals surface area contributed by atoms with Crippen LogP contribution in [0.1, 0.15) is 12.5 Å². The van der Waals surface area contributed by atoms with Gasteiger partial charge in [0.05, 0.1) is 15.7 Å². The highest BCUT2D eigenvalue weighted by atomic mass is 35.5. The molecule has 0 radical (unpaired) electrons. The number of nitrogens with one attached hydrogen (secondary N) is 1. The second-order valence-electron chi connectivity index (χ2n) is 4.88. The van der Waals surface area contributed by atoms with Gasteiger partial charge in [0.25, 0.3) is 0 Å². The van der Waals surface area contributed by atoms with Crippen molar-refractivity contribution >= 4 is 40.7 Å². The van der Waals surface area contributed by atoms with Crippen LogP contribution in [-0.4, -0.2) is 28.2 Å². The molecular weight excluding hydrogens is 337 g/mol. The molecule has 1 aromatic heterocycles. The highest BCUT2D eigenvalue weighted by Gasteiger charge is 2.16. The number of benzene rings is 1. The van der Waals surface area contributed by atoms with Crippen LogP contribution in [0.15, 0.2) is 42.7 Å². The molecule has 1 aromatic carbocycles. The van der Waals surface area contributed by atoms with Gasteiger partial charge in [0.1, 0.15) is 6.54 Å². The summed E-state index contributed by atoms with van der Waals surface area (Å²) in [5, 5.41) is 3.32. The zero-order valence-corrected chi connectivity index (χ0v) is 13.9. The first-order valence-electron chi connectivity index (χ1n) is 6.85. The number of amides is 2. The van der Waals surface area contributed by atoms with Gasteiger partial charge in [-0.15, -0.1) is 0 Å². The predicted molar refractivity (Wildman–Crippen MR) is 90.4 cm³/mol. The minimum Gasteiger partial charge on any atom is -0.329 e. The third-order valence-corrected chi connectivity index (χ3v) is 3.76. The largest absolute Gasteiger partial charge is 0.329 e. The molecule has 0 aliphatic rings. The molecule has 5 nitrogen and oxygen atoms in total. The highest BCUT2D eigenvalue weighted by molar-refractivity contribution is 6.39. The van der Waals surface area contributed by atoms with Crippen LogP contribution in [0.25, 0.3) is 0 Å². The van der Waals surface area contributed by atoms with Gasteiger partial charge in [0.2, 0.25) is 11.8 Å². The van der Waals surface area contributed by atoms with Crippen LogP contribution < -0.4 is 5.32 Å². The minimum atomic E-state index is -0.371. The number of nitrogens with zero attached hydrogens (tertiary/aromatic N) is 2. The lowest BCUT2D eigenvalue weighted by Gasteiger charge is -2.21. The summed E-state index contributed by atoms with van der Waals surface area (Å²) in [4.78, 5) is 29.3. The fourth-order valence-corrected chi connectivity index (χ4v) is 2.45. The number of carbonyl (C=O) groups is 2. The van der Waals surface area contributed by atoms with Gasteiger partial charge in [0.15, 0.2) is 0 Å². The molecule has 0 saturated carbocycles. The van der Waals surface area contributed by atoms with Crippen molar-refractivity contribution in [3.05, 3.63) is 58.3 Å². The van der Waals surface area contributed by atoms with Gasteiger partial charge in [-0.2, -0.15) is 0 Å². The Kier molecular flexibility index (Phi) is 5.96. The Hall–Kier alpha value is -2.11. The Bertz CT molecular complexity index is 687. The summed E-state index contributed by atoms with van der Waals surface area (Å²) < 4.78 is 0. The topological polar surface area (TPSA) is 62.3 Å². The van der Waals surface area contributed by atoms with Crippen LogP contribution >= 0.6 is 23.2 Å². The summed E-state index contributed by atoms with van der Waals surface area (Å²) in [6, 6.07) is 8.52. The smallest absolute Gasteiger partial charge is 0.244 e. The molecule has 0 aliphatic carbocycles. The number of rotatable bonds is 5. The van der Waals surface area contributed by atoms with Crippen LogP contribution in [0.2, 0.25) is 10.0 Å². The quantitative estimate of drug-likeness (QED) is 0.897. The molecule has 0 bridgehead atoms. The number of pyridine rings is 1. The van der Waals surface area contributed by atoms with Gasteiger partial charge in [-0.25, -0.2) is 0 Å². The number of para-hydroxylation sites is 1. The van der Waals surface area contributed by atoms with E-state index in [-0.39, 0.29) is 18.4 Å². The molecule has 1 heterocycles. The molecule has 2 rings (SSSR count). The third-order valence-electron chi connectivity index (χ3n) is 3.13. The molecule has 0 fully saturated rings. The van der Waals surface area contributed by atoms with E-state index in [2.05, 4.69) is 10.3 Å². The van der Waals surface area contributed by atoms with E-state index in [1.807, 2.05) is 0 Å². The number of hydrogen-bond acceptors (Lipinski definition) is 3. The molecule has 2 aromatic rings. The zero-order valence-electron chi connectivity index (χ0n) is 12.4. The Morgan fingerprint density at radius 2 is 1.74 bits per heavy atom. The maximum atomic E-state index is 12.2. The summed E-state index contributed by atoms with van der Waals surface area (Å²) in [5.41, 5.74) is 1.23. The van der Waals surface area contributed by atoms with E-state index in [1.54, 1.807) is 42.7 Å². The zero-order chi connectivity index (χ0) is 16.8. The van der Waals surface area contributed by atoms with Crippen molar-refractivity contribution in [2.45, 2.75) is 13.5 Å². The number of aromatic nitrogens is 1. The molecule has 120 valence electrons. The van der Waals surface area contributed by atoms with Crippen LogP contribution in [-0.2, 0) is 16.1 Å². The standard InChI is InChI=1S/C16H15Cl2N3O2/c1-11(22)21(9-12-5-7-19-8-6-12)10-15(23)20-16-13(17)3-2-4-14(16)18/h2-8H,9-10H2,1H3,(H,20,23). The van der Waals surface area contributed by atoms with Gasteiger partial charge >= 0.3 is 0 Å². The Labute approximate surface area is 144 Å². The van der Waals surface area contributed by atoms with E-state index >= 15 is 0 Å². The van der Waals surface area contributed by atoms with Gasteiger partial charge in [-0.1, -0.05) is 29.3 Å². The first-order chi connectivity index (χ1) is 11.0. The van der Waals surface area contributed by atoms with Crippen molar-refractivity contribution in [1.29, 1.82) is 0 Å². The van der Waals surface area contributed by atoms with Crippen molar-refractivity contribution in [2.24, 2.45) is 0 Å².